The number of halogens is 3. The van der Waals surface area contributed by atoms with Gasteiger partial charge in [0.2, 0.25) is 0 Å². The van der Waals surface area contributed by atoms with E-state index < -0.39 is 13.0 Å². The van der Waals surface area contributed by atoms with Crippen molar-refractivity contribution in [1.82, 2.24) is 4.98 Å². The van der Waals surface area contributed by atoms with E-state index in [1.165, 1.54) is 11.3 Å². The highest BCUT2D eigenvalue weighted by Gasteiger charge is 2.09. The summed E-state index contributed by atoms with van der Waals surface area (Å²) in [6.45, 7) is 1.81. The fraction of sp³-hybridized carbons (Fsp3) is 0.308. The molecular weight excluding hydrogens is 306 g/mol. The van der Waals surface area contributed by atoms with Crippen molar-refractivity contribution in [2.75, 3.05) is 11.9 Å². The van der Waals surface area contributed by atoms with Crippen LogP contribution in [0.1, 0.15) is 10.4 Å². The molecule has 1 aromatic heterocycles. The number of nitrogens with one attached hydrogen (secondary N) is 1. The number of alkyl halides is 2. The molecule has 0 aliphatic carbocycles. The largest absolute Gasteiger partial charge is 0.485 e. The number of ether oxygens (including phenoxy) is 1. The van der Waals surface area contributed by atoms with Gasteiger partial charge in [0.25, 0.3) is 6.43 Å². The van der Waals surface area contributed by atoms with E-state index in [0.717, 1.165) is 10.4 Å². The van der Waals surface area contributed by atoms with Gasteiger partial charge in [0.15, 0.2) is 4.47 Å². The molecule has 0 fully saturated rings. The maximum atomic E-state index is 12.2. The minimum absolute atomic E-state index is 0.409. The second-order valence-corrected chi connectivity index (χ2v) is 5.83. The van der Waals surface area contributed by atoms with Crippen LogP contribution in [0.2, 0.25) is 4.47 Å². The van der Waals surface area contributed by atoms with Crippen molar-refractivity contribution in [3.05, 3.63) is 39.3 Å². The molecule has 20 heavy (non-hydrogen) atoms. The molecule has 0 aliphatic rings. The van der Waals surface area contributed by atoms with E-state index in [9.17, 15) is 8.78 Å². The standard InChI is InChI=1S/C13H13ClF2N2OS/c1-8-2-3-11(19-7-12(15)16)10(4-8)17-5-9-6-18-13(14)20-9/h2-4,6,12,17H,5,7H2,1H3. The molecule has 0 spiro atoms. The lowest BCUT2D eigenvalue weighted by atomic mass is 10.2. The summed E-state index contributed by atoms with van der Waals surface area (Å²) >= 11 is 7.12. The van der Waals surface area contributed by atoms with Gasteiger partial charge in [0, 0.05) is 11.1 Å². The summed E-state index contributed by atoms with van der Waals surface area (Å²) in [7, 11) is 0. The zero-order valence-corrected chi connectivity index (χ0v) is 12.3. The van der Waals surface area contributed by atoms with Gasteiger partial charge in [-0.15, -0.1) is 11.3 Å². The van der Waals surface area contributed by atoms with Crippen molar-refractivity contribution in [3.63, 3.8) is 0 Å². The van der Waals surface area contributed by atoms with Gasteiger partial charge in [-0.1, -0.05) is 17.7 Å². The van der Waals surface area contributed by atoms with Gasteiger partial charge in [0.1, 0.15) is 12.4 Å². The van der Waals surface area contributed by atoms with E-state index in [1.807, 2.05) is 19.1 Å². The lowest BCUT2D eigenvalue weighted by Gasteiger charge is -2.13. The third-order valence-corrected chi connectivity index (χ3v) is 3.59. The Morgan fingerprint density at radius 3 is 2.90 bits per heavy atom. The van der Waals surface area contributed by atoms with E-state index in [-0.39, 0.29) is 0 Å². The van der Waals surface area contributed by atoms with Crippen LogP contribution in [-0.4, -0.2) is 18.0 Å². The second-order valence-electron chi connectivity index (χ2n) is 4.13. The van der Waals surface area contributed by atoms with Gasteiger partial charge in [0.05, 0.1) is 12.2 Å². The van der Waals surface area contributed by atoms with Gasteiger partial charge in [-0.2, -0.15) is 0 Å². The van der Waals surface area contributed by atoms with Crippen molar-refractivity contribution in [3.8, 4) is 5.75 Å². The maximum absolute atomic E-state index is 12.2. The predicted molar refractivity (Wildman–Crippen MR) is 77.1 cm³/mol. The molecule has 0 saturated heterocycles. The topological polar surface area (TPSA) is 34.1 Å². The molecule has 3 nitrogen and oxygen atoms in total. The summed E-state index contributed by atoms with van der Waals surface area (Å²) in [5.74, 6) is 0.409. The number of aryl methyl sites for hydroxylation is 1. The van der Waals surface area contributed by atoms with E-state index in [2.05, 4.69) is 10.3 Å². The first-order valence-corrected chi connectivity index (χ1v) is 7.09. The first-order chi connectivity index (χ1) is 9.54. The molecule has 0 aliphatic heterocycles. The van der Waals surface area contributed by atoms with Crippen LogP contribution in [0.5, 0.6) is 5.75 Å². The van der Waals surface area contributed by atoms with Crippen molar-refractivity contribution >= 4 is 28.6 Å². The Hall–Kier alpha value is -1.40. The number of aromatic nitrogens is 1. The number of hydrogen-bond donors (Lipinski definition) is 1. The second kappa shape index (κ2) is 6.85. The first-order valence-electron chi connectivity index (χ1n) is 5.90. The normalized spacial score (nSPS) is 10.8. The van der Waals surface area contributed by atoms with Gasteiger partial charge >= 0.3 is 0 Å². The summed E-state index contributed by atoms with van der Waals surface area (Å²) in [4.78, 5) is 4.90. The Morgan fingerprint density at radius 2 is 2.25 bits per heavy atom. The van der Waals surface area contributed by atoms with E-state index >= 15 is 0 Å². The number of rotatable bonds is 6. The van der Waals surface area contributed by atoms with Crippen LogP contribution in [-0.2, 0) is 6.54 Å². The molecule has 2 aromatic rings. The van der Waals surface area contributed by atoms with Crippen molar-refractivity contribution < 1.29 is 13.5 Å². The molecule has 0 radical (unpaired) electrons. The third-order valence-electron chi connectivity index (χ3n) is 2.48. The number of anilines is 1. The highest BCUT2D eigenvalue weighted by molar-refractivity contribution is 7.15. The van der Waals surface area contributed by atoms with Crippen LogP contribution >= 0.6 is 22.9 Å². The monoisotopic (exact) mass is 318 g/mol. The minimum Gasteiger partial charge on any atom is -0.485 e. The minimum atomic E-state index is -2.50. The van der Waals surface area contributed by atoms with Gasteiger partial charge in [-0.25, -0.2) is 13.8 Å². The fourth-order valence-electron chi connectivity index (χ4n) is 1.61. The molecule has 0 bridgehead atoms. The molecule has 0 atom stereocenters. The van der Waals surface area contributed by atoms with Gasteiger partial charge in [-0.05, 0) is 24.6 Å². The summed E-state index contributed by atoms with van der Waals surface area (Å²) in [5, 5.41) is 3.15. The molecule has 108 valence electrons. The van der Waals surface area contributed by atoms with Crippen LogP contribution < -0.4 is 10.1 Å². The molecule has 0 saturated carbocycles. The zero-order valence-electron chi connectivity index (χ0n) is 10.7. The summed E-state index contributed by atoms with van der Waals surface area (Å²) in [6, 6.07) is 5.35. The smallest absolute Gasteiger partial charge is 0.272 e. The Bertz CT molecular complexity index is 577. The first kappa shape index (κ1) is 15.0. The molecule has 0 amide bonds. The Labute approximate surface area is 124 Å². The van der Waals surface area contributed by atoms with E-state index in [4.69, 9.17) is 16.3 Å². The Kier molecular flexibility index (Phi) is 5.14. The van der Waals surface area contributed by atoms with Crippen molar-refractivity contribution in [1.29, 1.82) is 0 Å². The summed E-state index contributed by atoms with van der Waals surface area (Å²) in [5.41, 5.74) is 1.69. The highest BCUT2D eigenvalue weighted by Crippen LogP contribution is 2.27. The van der Waals surface area contributed by atoms with Crippen LogP contribution in [0.3, 0.4) is 0 Å². The number of nitrogens with zero attached hydrogens (tertiary/aromatic N) is 1. The third kappa shape index (κ3) is 4.31. The quantitative estimate of drug-likeness (QED) is 0.859. The SMILES string of the molecule is Cc1ccc(OCC(F)F)c(NCc2cnc(Cl)s2)c1. The molecular formula is C13H13ClF2N2OS. The van der Waals surface area contributed by atoms with Gasteiger partial charge < -0.3 is 10.1 Å². The lowest BCUT2D eigenvalue weighted by molar-refractivity contribution is 0.0822. The van der Waals surface area contributed by atoms with Crippen LogP contribution in [0.25, 0.3) is 0 Å². The Morgan fingerprint density at radius 1 is 1.45 bits per heavy atom. The number of thiazole rings is 1. The summed E-state index contributed by atoms with van der Waals surface area (Å²) < 4.78 is 30.0. The predicted octanol–water partition coefficient (Wildman–Crippen LogP) is 4.36. The van der Waals surface area contributed by atoms with E-state index in [0.29, 0.717) is 22.4 Å². The van der Waals surface area contributed by atoms with Crippen molar-refractivity contribution in [2.24, 2.45) is 0 Å². The number of benzene rings is 1. The van der Waals surface area contributed by atoms with Crippen LogP contribution in [0.15, 0.2) is 24.4 Å². The zero-order chi connectivity index (χ0) is 14.5. The van der Waals surface area contributed by atoms with Crippen LogP contribution in [0.4, 0.5) is 14.5 Å². The maximum Gasteiger partial charge on any atom is 0.272 e. The average molecular weight is 319 g/mol. The molecule has 1 aromatic carbocycles. The van der Waals surface area contributed by atoms with Crippen molar-refractivity contribution in [2.45, 2.75) is 19.9 Å². The van der Waals surface area contributed by atoms with E-state index in [1.54, 1.807) is 12.3 Å². The fourth-order valence-corrected chi connectivity index (χ4v) is 2.53. The molecule has 2 rings (SSSR count). The highest BCUT2D eigenvalue weighted by atomic mass is 35.5. The summed E-state index contributed by atoms with van der Waals surface area (Å²) in [6.07, 6.45) is -0.820. The molecule has 1 heterocycles. The lowest BCUT2D eigenvalue weighted by Crippen LogP contribution is -2.09. The molecule has 0 unspecified atom stereocenters. The average Bonchev–Trinajstić information content (AvgIpc) is 2.81. The molecule has 1 N–H and O–H groups in total. The van der Waals surface area contributed by atoms with Gasteiger partial charge in [-0.3, -0.25) is 0 Å². The number of hydrogen-bond acceptors (Lipinski definition) is 4. The van der Waals surface area contributed by atoms with Crippen LogP contribution in [0, 0.1) is 6.92 Å². The Balaban J connectivity index is 2.06. The molecule has 7 heteroatoms.